The van der Waals surface area contributed by atoms with E-state index in [1.54, 1.807) is 0 Å². The highest BCUT2D eigenvalue weighted by Crippen LogP contribution is 2.14. The predicted octanol–water partition coefficient (Wildman–Crippen LogP) is 2.61. The standard InChI is InChI=1S/C11H15BrN2/c12-9-3-5-10(6-4-9)14-8-11-2-1-7-13-11/h3-6,11,13-14H,1-2,7-8H2/t11-/m0/s1. The van der Waals surface area contributed by atoms with Gasteiger partial charge in [0, 0.05) is 22.7 Å². The van der Waals surface area contributed by atoms with E-state index < -0.39 is 0 Å². The zero-order chi connectivity index (χ0) is 9.80. The number of rotatable bonds is 3. The first-order valence-corrected chi connectivity index (χ1v) is 5.87. The monoisotopic (exact) mass is 254 g/mol. The lowest BCUT2D eigenvalue weighted by atomic mass is 10.2. The Balaban J connectivity index is 1.82. The summed E-state index contributed by atoms with van der Waals surface area (Å²) < 4.78 is 1.13. The summed E-state index contributed by atoms with van der Waals surface area (Å²) in [5.41, 5.74) is 1.20. The summed E-state index contributed by atoms with van der Waals surface area (Å²) in [5.74, 6) is 0. The molecule has 0 spiro atoms. The van der Waals surface area contributed by atoms with Gasteiger partial charge >= 0.3 is 0 Å². The molecule has 1 heterocycles. The maximum atomic E-state index is 3.47. The molecular formula is C11H15BrN2. The molecule has 0 radical (unpaired) electrons. The van der Waals surface area contributed by atoms with E-state index in [-0.39, 0.29) is 0 Å². The number of anilines is 1. The lowest BCUT2D eigenvalue weighted by Gasteiger charge is -2.12. The molecule has 3 heteroatoms. The minimum Gasteiger partial charge on any atom is -0.383 e. The summed E-state index contributed by atoms with van der Waals surface area (Å²) >= 11 is 3.42. The van der Waals surface area contributed by atoms with Gasteiger partial charge in [0.15, 0.2) is 0 Å². The summed E-state index contributed by atoms with van der Waals surface area (Å²) in [6.07, 6.45) is 2.61. The van der Waals surface area contributed by atoms with Crippen LogP contribution in [-0.4, -0.2) is 19.1 Å². The first kappa shape index (κ1) is 9.99. The molecule has 0 aromatic heterocycles. The van der Waals surface area contributed by atoms with Gasteiger partial charge in [0.1, 0.15) is 0 Å². The molecule has 0 aliphatic carbocycles. The van der Waals surface area contributed by atoms with Crippen molar-refractivity contribution in [2.24, 2.45) is 0 Å². The second-order valence-corrected chi connectivity index (χ2v) is 4.60. The molecule has 1 aromatic rings. The molecule has 1 atom stereocenters. The Morgan fingerprint density at radius 1 is 1.36 bits per heavy atom. The van der Waals surface area contributed by atoms with Crippen LogP contribution in [0, 0.1) is 0 Å². The minimum atomic E-state index is 0.652. The molecule has 76 valence electrons. The van der Waals surface area contributed by atoms with E-state index in [0.29, 0.717) is 6.04 Å². The molecule has 2 N–H and O–H groups in total. The molecule has 0 bridgehead atoms. The maximum Gasteiger partial charge on any atom is 0.0341 e. The van der Waals surface area contributed by atoms with Gasteiger partial charge in [-0.1, -0.05) is 15.9 Å². The summed E-state index contributed by atoms with van der Waals surface area (Å²) in [6.45, 7) is 2.20. The third-order valence-corrected chi connectivity index (χ3v) is 3.09. The van der Waals surface area contributed by atoms with Gasteiger partial charge in [0.05, 0.1) is 0 Å². The Morgan fingerprint density at radius 3 is 2.79 bits per heavy atom. The van der Waals surface area contributed by atoms with Crippen molar-refractivity contribution >= 4 is 21.6 Å². The van der Waals surface area contributed by atoms with Crippen molar-refractivity contribution in [2.45, 2.75) is 18.9 Å². The number of nitrogens with one attached hydrogen (secondary N) is 2. The predicted molar refractivity (Wildman–Crippen MR) is 63.7 cm³/mol. The smallest absolute Gasteiger partial charge is 0.0341 e. The molecule has 0 saturated carbocycles. The Kier molecular flexibility index (Phi) is 3.43. The van der Waals surface area contributed by atoms with Crippen molar-refractivity contribution < 1.29 is 0 Å². The van der Waals surface area contributed by atoms with Crippen LogP contribution in [0.4, 0.5) is 5.69 Å². The number of benzene rings is 1. The molecule has 0 amide bonds. The molecule has 0 unspecified atom stereocenters. The number of halogens is 1. The van der Waals surface area contributed by atoms with E-state index in [2.05, 4.69) is 50.8 Å². The zero-order valence-corrected chi connectivity index (χ0v) is 9.68. The van der Waals surface area contributed by atoms with Crippen LogP contribution in [0.1, 0.15) is 12.8 Å². The Labute approximate surface area is 93.2 Å². The molecule has 1 saturated heterocycles. The molecule has 1 aromatic carbocycles. The molecule has 1 fully saturated rings. The van der Waals surface area contributed by atoms with E-state index in [4.69, 9.17) is 0 Å². The lowest BCUT2D eigenvalue weighted by molar-refractivity contribution is 0.633. The highest BCUT2D eigenvalue weighted by Gasteiger charge is 2.12. The molecule has 14 heavy (non-hydrogen) atoms. The Morgan fingerprint density at radius 2 is 2.14 bits per heavy atom. The van der Waals surface area contributed by atoms with Crippen molar-refractivity contribution in [1.82, 2.24) is 5.32 Å². The van der Waals surface area contributed by atoms with Gasteiger partial charge in [-0.05, 0) is 43.7 Å². The van der Waals surface area contributed by atoms with E-state index in [1.807, 2.05) is 0 Å². The Bertz CT molecular complexity index is 278. The van der Waals surface area contributed by atoms with Crippen molar-refractivity contribution in [3.8, 4) is 0 Å². The average Bonchev–Trinajstić information content (AvgIpc) is 2.70. The van der Waals surface area contributed by atoms with Crippen LogP contribution >= 0.6 is 15.9 Å². The van der Waals surface area contributed by atoms with Gasteiger partial charge in [0.25, 0.3) is 0 Å². The van der Waals surface area contributed by atoms with Gasteiger partial charge in [0.2, 0.25) is 0 Å². The molecule has 1 aliphatic rings. The highest BCUT2D eigenvalue weighted by molar-refractivity contribution is 9.10. The van der Waals surface area contributed by atoms with Crippen LogP contribution in [0.15, 0.2) is 28.7 Å². The molecule has 2 rings (SSSR count). The van der Waals surface area contributed by atoms with Crippen LogP contribution in [0.2, 0.25) is 0 Å². The second kappa shape index (κ2) is 4.80. The van der Waals surface area contributed by atoms with Crippen molar-refractivity contribution in [2.75, 3.05) is 18.4 Å². The summed E-state index contributed by atoms with van der Waals surface area (Å²) in [7, 11) is 0. The minimum absolute atomic E-state index is 0.652. The summed E-state index contributed by atoms with van der Waals surface area (Å²) in [4.78, 5) is 0. The van der Waals surface area contributed by atoms with Gasteiger partial charge in [-0.3, -0.25) is 0 Å². The second-order valence-electron chi connectivity index (χ2n) is 3.68. The lowest BCUT2D eigenvalue weighted by Crippen LogP contribution is -2.29. The van der Waals surface area contributed by atoms with Crippen LogP contribution in [0.5, 0.6) is 0 Å². The number of hydrogen-bond acceptors (Lipinski definition) is 2. The fourth-order valence-corrected chi connectivity index (χ4v) is 2.00. The third-order valence-electron chi connectivity index (χ3n) is 2.56. The quantitative estimate of drug-likeness (QED) is 0.867. The molecule has 2 nitrogen and oxygen atoms in total. The van der Waals surface area contributed by atoms with Crippen molar-refractivity contribution in [3.63, 3.8) is 0 Å². The van der Waals surface area contributed by atoms with E-state index in [9.17, 15) is 0 Å². The van der Waals surface area contributed by atoms with Gasteiger partial charge in [-0.15, -0.1) is 0 Å². The van der Waals surface area contributed by atoms with Crippen LogP contribution in [0.25, 0.3) is 0 Å². The summed E-state index contributed by atoms with van der Waals surface area (Å²) in [5, 5.41) is 6.90. The Hall–Kier alpha value is -0.540. The van der Waals surface area contributed by atoms with Gasteiger partial charge < -0.3 is 10.6 Å². The van der Waals surface area contributed by atoms with Crippen LogP contribution < -0.4 is 10.6 Å². The SMILES string of the molecule is Brc1ccc(NC[C@@H]2CCCN2)cc1. The third kappa shape index (κ3) is 2.72. The first-order chi connectivity index (χ1) is 6.84. The largest absolute Gasteiger partial charge is 0.383 e. The maximum absolute atomic E-state index is 3.47. The fourth-order valence-electron chi connectivity index (χ4n) is 1.74. The fraction of sp³-hybridized carbons (Fsp3) is 0.455. The first-order valence-electron chi connectivity index (χ1n) is 5.07. The zero-order valence-electron chi connectivity index (χ0n) is 8.09. The molecule has 1 aliphatic heterocycles. The van der Waals surface area contributed by atoms with E-state index >= 15 is 0 Å². The van der Waals surface area contributed by atoms with E-state index in [0.717, 1.165) is 11.0 Å². The van der Waals surface area contributed by atoms with Crippen LogP contribution in [-0.2, 0) is 0 Å². The van der Waals surface area contributed by atoms with Gasteiger partial charge in [-0.25, -0.2) is 0 Å². The van der Waals surface area contributed by atoms with Crippen LogP contribution in [0.3, 0.4) is 0 Å². The summed E-state index contributed by atoms with van der Waals surface area (Å²) in [6, 6.07) is 8.96. The topological polar surface area (TPSA) is 24.1 Å². The average molecular weight is 255 g/mol. The normalized spacial score (nSPS) is 21.1. The van der Waals surface area contributed by atoms with Crippen molar-refractivity contribution in [1.29, 1.82) is 0 Å². The highest BCUT2D eigenvalue weighted by atomic mass is 79.9. The van der Waals surface area contributed by atoms with E-state index in [1.165, 1.54) is 25.1 Å². The van der Waals surface area contributed by atoms with Crippen molar-refractivity contribution in [3.05, 3.63) is 28.7 Å². The number of hydrogen-bond donors (Lipinski definition) is 2. The molecular weight excluding hydrogens is 240 g/mol. The van der Waals surface area contributed by atoms with Gasteiger partial charge in [-0.2, -0.15) is 0 Å².